The Balaban J connectivity index is 2.77. The molecular formula is C8H16N4. The van der Waals surface area contributed by atoms with Gasteiger partial charge in [0.15, 0.2) is 0 Å². The molecule has 4 heteroatoms. The molecular weight excluding hydrogens is 152 g/mol. The van der Waals surface area contributed by atoms with Gasteiger partial charge in [-0.3, -0.25) is 4.68 Å². The summed E-state index contributed by atoms with van der Waals surface area (Å²) < 4.78 is 1.83. The van der Waals surface area contributed by atoms with Crippen LogP contribution in [0.1, 0.15) is 19.7 Å². The third-order valence-electron chi connectivity index (χ3n) is 1.67. The predicted octanol–water partition coefficient (Wildman–Crippen LogP) is 1.06. The zero-order chi connectivity index (χ0) is 9.14. The first kappa shape index (κ1) is 9.03. The molecule has 1 aromatic heterocycles. The number of aryl methyl sites for hydroxylation is 1. The largest absolute Gasteiger partial charge is 0.356 e. The van der Waals surface area contributed by atoms with Crippen LogP contribution in [0.4, 0.5) is 5.95 Å². The second-order valence-electron chi connectivity index (χ2n) is 3.32. The van der Waals surface area contributed by atoms with Crippen molar-refractivity contribution < 1.29 is 0 Å². The smallest absolute Gasteiger partial charge is 0.242 e. The summed E-state index contributed by atoms with van der Waals surface area (Å²) in [6.07, 6.45) is 0.977. The zero-order valence-electron chi connectivity index (χ0n) is 8.13. The number of aromatic nitrogens is 3. The van der Waals surface area contributed by atoms with E-state index in [1.54, 1.807) is 0 Å². The highest BCUT2D eigenvalue weighted by molar-refractivity contribution is 5.21. The molecule has 0 saturated heterocycles. The van der Waals surface area contributed by atoms with Crippen LogP contribution in [0.2, 0.25) is 0 Å². The van der Waals surface area contributed by atoms with E-state index < -0.39 is 0 Å². The van der Waals surface area contributed by atoms with Gasteiger partial charge in [0.2, 0.25) is 5.95 Å². The van der Waals surface area contributed by atoms with Gasteiger partial charge in [0.25, 0.3) is 0 Å². The Kier molecular flexibility index (Phi) is 2.68. The first-order chi connectivity index (χ1) is 5.63. The molecule has 68 valence electrons. The quantitative estimate of drug-likeness (QED) is 0.733. The lowest BCUT2D eigenvalue weighted by Gasteiger charge is -2.01. The number of nitrogens with zero attached hydrogens (tertiary/aromatic N) is 3. The second kappa shape index (κ2) is 3.56. The van der Waals surface area contributed by atoms with E-state index >= 15 is 0 Å². The topological polar surface area (TPSA) is 42.7 Å². The fourth-order valence-electron chi connectivity index (χ4n) is 1.07. The molecule has 0 unspecified atom stereocenters. The predicted molar refractivity (Wildman–Crippen MR) is 49.1 cm³/mol. The van der Waals surface area contributed by atoms with Crippen molar-refractivity contribution in [2.24, 2.45) is 13.0 Å². The molecule has 0 radical (unpaired) electrons. The average Bonchev–Trinajstić information content (AvgIpc) is 2.31. The highest BCUT2D eigenvalue weighted by atomic mass is 15.4. The van der Waals surface area contributed by atoms with Crippen LogP contribution in [0.3, 0.4) is 0 Å². The molecule has 0 spiro atoms. The molecule has 1 aromatic rings. The maximum Gasteiger partial charge on any atom is 0.242 e. The summed E-state index contributed by atoms with van der Waals surface area (Å²) in [4.78, 5) is 4.31. The van der Waals surface area contributed by atoms with Gasteiger partial charge in [-0.25, -0.2) is 0 Å². The molecule has 0 amide bonds. The summed E-state index contributed by atoms with van der Waals surface area (Å²) in [7, 11) is 3.75. The molecule has 0 atom stereocenters. The standard InChI is InChI=1S/C8H16N4/c1-6(2)5-7-10-8(9-3)11-12(7)4/h6H,5H2,1-4H3,(H,9,11). The summed E-state index contributed by atoms with van der Waals surface area (Å²) in [5, 5.41) is 7.09. The van der Waals surface area contributed by atoms with Crippen LogP contribution < -0.4 is 5.32 Å². The van der Waals surface area contributed by atoms with Crippen LogP contribution in [0.25, 0.3) is 0 Å². The maximum absolute atomic E-state index is 4.31. The van der Waals surface area contributed by atoms with Crippen molar-refractivity contribution in [1.29, 1.82) is 0 Å². The highest BCUT2D eigenvalue weighted by Crippen LogP contribution is 2.06. The number of hydrogen-bond acceptors (Lipinski definition) is 3. The number of hydrogen-bond donors (Lipinski definition) is 1. The normalized spacial score (nSPS) is 10.8. The zero-order valence-corrected chi connectivity index (χ0v) is 8.13. The molecule has 0 saturated carbocycles. The van der Waals surface area contributed by atoms with Crippen molar-refractivity contribution in [2.45, 2.75) is 20.3 Å². The summed E-state index contributed by atoms with van der Waals surface area (Å²) in [6.45, 7) is 4.35. The maximum atomic E-state index is 4.31. The van der Waals surface area contributed by atoms with Crippen LogP contribution in [0.15, 0.2) is 0 Å². The van der Waals surface area contributed by atoms with E-state index in [2.05, 4.69) is 29.2 Å². The first-order valence-electron chi connectivity index (χ1n) is 4.21. The minimum absolute atomic E-state index is 0.623. The van der Waals surface area contributed by atoms with E-state index in [9.17, 15) is 0 Å². The molecule has 0 aliphatic carbocycles. The molecule has 0 bridgehead atoms. The van der Waals surface area contributed by atoms with E-state index in [1.807, 2.05) is 18.8 Å². The van der Waals surface area contributed by atoms with Gasteiger partial charge in [-0.15, -0.1) is 5.10 Å². The summed E-state index contributed by atoms with van der Waals surface area (Å²) in [5.74, 6) is 2.36. The lowest BCUT2D eigenvalue weighted by atomic mass is 10.1. The van der Waals surface area contributed by atoms with Crippen LogP contribution in [0.5, 0.6) is 0 Å². The second-order valence-corrected chi connectivity index (χ2v) is 3.32. The van der Waals surface area contributed by atoms with Gasteiger partial charge in [0.1, 0.15) is 5.82 Å². The molecule has 0 aliphatic heterocycles. The molecule has 1 rings (SSSR count). The summed E-state index contributed by atoms with van der Waals surface area (Å²) in [5.41, 5.74) is 0. The van der Waals surface area contributed by atoms with Gasteiger partial charge in [0, 0.05) is 20.5 Å². The molecule has 0 aliphatic rings. The van der Waals surface area contributed by atoms with E-state index in [0.717, 1.165) is 12.2 Å². The Bertz CT molecular complexity index is 252. The van der Waals surface area contributed by atoms with E-state index in [-0.39, 0.29) is 0 Å². The van der Waals surface area contributed by atoms with Gasteiger partial charge in [-0.2, -0.15) is 4.98 Å². The van der Waals surface area contributed by atoms with Crippen LogP contribution in [-0.4, -0.2) is 21.8 Å². The van der Waals surface area contributed by atoms with Crippen molar-refractivity contribution in [1.82, 2.24) is 14.8 Å². The summed E-state index contributed by atoms with van der Waals surface area (Å²) >= 11 is 0. The van der Waals surface area contributed by atoms with Crippen molar-refractivity contribution in [3.63, 3.8) is 0 Å². The fourth-order valence-corrected chi connectivity index (χ4v) is 1.07. The van der Waals surface area contributed by atoms with Gasteiger partial charge >= 0.3 is 0 Å². The van der Waals surface area contributed by atoms with Crippen molar-refractivity contribution >= 4 is 5.95 Å². The van der Waals surface area contributed by atoms with E-state index in [4.69, 9.17) is 0 Å². The van der Waals surface area contributed by atoms with Crippen LogP contribution in [0, 0.1) is 5.92 Å². The van der Waals surface area contributed by atoms with E-state index in [1.165, 1.54) is 0 Å². The molecule has 1 N–H and O–H groups in total. The highest BCUT2D eigenvalue weighted by Gasteiger charge is 2.06. The summed E-state index contributed by atoms with van der Waals surface area (Å²) in [6, 6.07) is 0. The minimum atomic E-state index is 0.623. The van der Waals surface area contributed by atoms with Gasteiger partial charge in [-0.1, -0.05) is 13.8 Å². The van der Waals surface area contributed by atoms with E-state index in [0.29, 0.717) is 11.9 Å². The van der Waals surface area contributed by atoms with Crippen molar-refractivity contribution in [2.75, 3.05) is 12.4 Å². The number of rotatable bonds is 3. The number of nitrogens with one attached hydrogen (secondary N) is 1. The Morgan fingerprint density at radius 3 is 2.58 bits per heavy atom. The van der Waals surface area contributed by atoms with Gasteiger partial charge in [0.05, 0.1) is 0 Å². The molecule has 1 heterocycles. The van der Waals surface area contributed by atoms with Gasteiger partial charge in [-0.05, 0) is 5.92 Å². The minimum Gasteiger partial charge on any atom is -0.356 e. The average molecular weight is 168 g/mol. The SMILES string of the molecule is CNc1nc(CC(C)C)n(C)n1. The molecule has 12 heavy (non-hydrogen) atoms. The Morgan fingerprint density at radius 2 is 2.17 bits per heavy atom. The molecule has 0 fully saturated rings. The Labute approximate surface area is 73.0 Å². The number of anilines is 1. The Hall–Kier alpha value is -1.06. The molecule has 0 aromatic carbocycles. The first-order valence-corrected chi connectivity index (χ1v) is 4.21. The van der Waals surface area contributed by atoms with Crippen LogP contribution in [-0.2, 0) is 13.5 Å². The third kappa shape index (κ3) is 1.96. The Morgan fingerprint density at radius 1 is 1.50 bits per heavy atom. The monoisotopic (exact) mass is 168 g/mol. The lowest BCUT2D eigenvalue weighted by molar-refractivity contribution is 0.584. The third-order valence-corrected chi connectivity index (χ3v) is 1.67. The van der Waals surface area contributed by atoms with Crippen molar-refractivity contribution in [3.05, 3.63) is 5.82 Å². The fraction of sp³-hybridized carbons (Fsp3) is 0.750. The van der Waals surface area contributed by atoms with Crippen LogP contribution >= 0.6 is 0 Å². The molecule has 4 nitrogen and oxygen atoms in total. The van der Waals surface area contributed by atoms with Gasteiger partial charge < -0.3 is 5.32 Å². The lowest BCUT2D eigenvalue weighted by Crippen LogP contribution is -2.03. The van der Waals surface area contributed by atoms with Crippen molar-refractivity contribution in [3.8, 4) is 0 Å².